The highest BCUT2D eigenvalue weighted by Gasteiger charge is 2.10. The van der Waals surface area contributed by atoms with Crippen LogP contribution in [0.15, 0.2) is 24.3 Å². The minimum absolute atomic E-state index is 0.186. The summed E-state index contributed by atoms with van der Waals surface area (Å²) in [6.45, 7) is 6.61. The van der Waals surface area contributed by atoms with Crippen molar-refractivity contribution in [3.63, 3.8) is 0 Å². The van der Waals surface area contributed by atoms with Crippen molar-refractivity contribution in [3.8, 4) is 17.0 Å². The molecule has 19 heavy (non-hydrogen) atoms. The molecule has 0 aliphatic rings. The fourth-order valence-corrected chi connectivity index (χ4v) is 2.07. The third-order valence-electron chi connectivity index (χ3n) is 2.79. The van der Waals surface area contributed by atoms with Crippen LogP contribution in [0.4, 0.5) is 0 Å². The minimum atomic E-state index is 0.186. The lowest BCUT2D eigenvalue weighted by Crippen LogP contribution is -2.05. The molecular weight excluding hydrogens is 238 g/mol. The molecule has 4 heteroatoms. The second-order valence-electron chi connectivity index (χ2n) is 4.88. The highest BCUT2D eigenvalue weighted by molar-refractivity contribution is 5.63. The summed E-state index contributed by atoms with van der Waals surface area (Å²) in [5.41, 5.74) is 8.80. The summed E-state index contributed by atoms with van der Waals surface area (Å²) in [5, 5.41) is 0. The molecule has 0 amide bonds. The van der Waals surface area contributed by atoms with E-state index in [1.165, 1.54) is 0 Å². The zero-order chi connectivity index (χ0) is 13.8. The van der Waals surface area contributed by atoms with Crippen LogP contribution in [0.25, 0.3) is 11.3 Å². The minimum Gasteiger partial charge on any atom is -0.491 e. The van der Waals surface area contributed by atoms with Crippen molar-refractivity contribution in [1.29, 1.82) is 0 Å². The van der Waals surface area contributed by atoms with Crippen molar-refractivity contribution in [3.05, 3.63) is 35.8 Å². The molecule has 0 spiro atoms. The third-order valence-corrected chi connectivity index (χ3v) is 2.79. The summed E-state index contributed by atoms with van der Waals surface area (Å²) in [6, 6.07) is 8.03. The SMILES string of the molecule is Cc1nc(-c2ccc(OC(C)C)cc2)c(CCN)[nH]1. The first-order chi connectivity index (χ1) is 9.10. The van der Waals surface area contributed by atoms with Crippen LogP contribution in [0.2, 0.25) is 0 Å². The number of nitrogens with two attached hydrogens (primary N) is 1. The van der Waals surface area contributed by atoms with Gasteiger partial charge in [-0.15, -0.1) is 0 Å². The summed E-state index contributed by atoms with van der Waals surface area (Å²) >= 11 is 0. The second kappa shape index (κ2) is 5.89. The molecule has 0 fully saturated rings. The Balaban J connectivity index is 2.26. The first kappa shape index (κ1) is 13.6. The number of H-pyrrole nitrogens is 1. The van der Waals surface area contributed by atoms with Gasteiger partial charge in [-0.05, 0) is 51.6 Å². The van der Waals surface area contributed by atoms with Crippen molar-refractivity contribution in [1.82, 2.24) is 9.97 Å². The second-order valence-corrected chi connectivity index (χ2v) is 4.88. The van der Waals surface area contributed by atoms with E-state index in [0.29, 0.717) is 6.54 Å². The van der Waals surface area contributed by atoms with E-state index in [-0.39, 0.29) is 6.10 Å². The zero-order valence-electron chi connectivity index (χ0n) is 11.7. The largest absolute Gasteiger partial charge is 0.491 e. The van der Waals surface area contributed by atoms with E-state index in [9.17, 15) is 0 Å². The molecule has 0 radical (unpaired) electrons. The lowest BCUT2D eigenvalue weighted by atomic mass is 10.1. The number of nitrogens with one attached hydrogen (secondary N) is 1. The van der Waals surface area contributed by atoms with Gasteiger partial charge in [-0.25, -0.2) is 4.98 Å². The van der Waals surface area contributed by atoms with Crippen LogP contribution in [0.3, 0.4) is 0 Å². The predicted octanol–water partition coefficient (Wildman–Crippen LogP) is 2.67. The molecule has 2 rings (SSSR count). The molecule has 0 saturated heterocycles. The maximum Gasteiger partial charge on any atom is 0.119 e. The summed E-state index contributed by atoms with van der Waals surface area (Å²) < 4.78 is 5.64. The molecule has 0 bridgehead atoms. The van der Waals surface area contributed by atoms with Gasteiger partial charge in [0.1, 0.15) is 11.6 Å². The number of hydrogen-bond donors (Lipinski definition) is 2. The Kier molecular flexibility index (Phi) is 4.22. The van der Waals surface area contributed by atoms with Crippen LogP contribution in [-0.4, -0.2) is 22.6 Å². The highest BCUT2D eigenvalue weighted by atomic mass is 16.5. The summed E-state index contributed by atoms with van der Waals surface area (Å²) in [5.74, 6) is 1.80. The molecule has 2 aromatic rings. The van der Waals surface area contributed by atoms with Gasteiger partial charge in [0.05, 0.1) is 11.8 Å². The van der Waals surface area contributed by atoms with Gasteiger partial charge < -0.3 is 15.5 Å². The van der Waals surface area contributed by atoms with Crippen LogP contribution in [0.1, 0.15) is 25.4 Å². The molecule has 102 valence electrons. The Morgan fingerprint density at radius 2 is 1.95 bits per heavy atom. The van der Waals surface area contributed by atoms with E-state index in [2.05, 4.69) is 9.97 Å². The summed E-state index contributed by atoms with van der Waals surface area (Å²) in [7, 11) is 0. The molecule has 0 aliphatic carbocycles. The van der Waals surface area contributed by atoms with Crippen LogP contribution < -0.4 is 10.5 Å². The Morgan fingerprint density at radius 1 is 1.26 bits per heavy atom. The number of aryl methyl sites for hydroxylation is 1. The van der Waals surface area contributed by atoms with E-state index >= 15 is 0 Å². The van der Waals surface area contributed by atoms with E-state index in [1.807, 2.05) is 45.0 Å². The Hall–Kier alpha value is -1.81. The molecule has 0 unspecified atom stereocenters. The van der Waals surface area contributed by atoms with Gasteiger partial charge in [-0.1, -0.05) is 0 Å². The molecule has 0 saturated carbocycles. The quantitative estimate of drug-likeness (QED) is 0.867. The molecule has 4 nitrogen and oxygen atoms in total. The Bertz CT molecular complexity index is 529. The van der Waals surface area contributed by atoms with Crippen LogP contribution in [-0.2, 0) is 6.42 Å². The molecule has 3 N–H and O–H groups in total. The van der Waals surface area contributed by atoms with Crippen molar-refractivity contribution in [2.24, 2.45) is 5.73 Å². The Labute approximate surface area is 114 Å². The molecular formula is C15H21N3O. The number of hydrogen-bond acceptors (Lipinski definition) is 3. The normalized spacial score (nSPS) is 11.0. The number of imidazole rings is 1. The first-order valence-electron chi connectivity index (χ1n) is 6.62. The molecule has 0 aliphatic heterocycles. The van der Waals surface area contributed by atoms with E-state index in [0.717, 1.165) is 34.9 Å². The number of aromatic amines is 1. The number of rotatable bonds is 5. The fraction of sp³-hybridized carbons (Fsp3) is 0.400. The fourth-order valence-electron chi connectivity index (χ4n) is 2.07. The average molecular weight is 259 g/mol. The summed E-state index contributed by atoms with van der Waals surface area (Å²) in [6.07, 6.45) is 0.992. The molecule has 0 atom stereocenters. The van der Waals surface area contributed by atoms with Gasteiger partial charge in [0.2, 0.25) is 0 Å². The number of nitrogens with zero attached hydrogens (tertiary/aromatic N) is 1. The van der Waals surface area contributed by atoms with Crippen molar-refractivity contribution in [2.75, 3.05) is 6.54 Å². The van der Waals surface area contributed by atoms with Gasteiger partial charge >= 0.3 is 0 Å². The lowest BCUT2D eigenvalue weighted by molar-refractivity contribution is 0.242. The van der Waals surface area contributed by atoms with Crippen LogP contribution in [0.5, 0.6) is 5.75 Å². The summed E-state index contributed by atoms with van der Waals surface area (Å²) in [4.78, 5) is 7.81. The van der Waals surface area contributed by atoms with Gasteiger partial charge in [-0.3, -0.25) is 0 Å². The Morgan fingerprint density at radius 3 is 2.53 bits per heavy atom. The van der Waals surface area contributed by atoms with Crippen LogP contribution in [0, 0.1) is 6.92 Å². The maximum atomic E-state index is 5.64. The standard InChI is InChI=1S/C15H21N3O/c1-10(2)19-13-6-4-12(5-7-13)15-14(8-9-16)17-11(3)18-15/h4-7,10H,8-9,16H2,1-3H3,(H,17,18). The van der Waals surface area contributed by atoms with E-state index < -0.39 is 0 Å². The van der Waals surface area contributed by atoms with Gasteiger partial charge in [0.25, 0.3) is 0 Å². The number of aromatic nitrogens is 2. The predicted molar refractivity (Wildman–Crippen MR) is 77.3 cm³/mol. The van der Waals surface area contributed by atoms with Gasteiger partial charge in [0, 0.05) is 17.7 Å². The van der Waals surface area contributed by atoms with Crippen LogP contribution >= 0.6 is 0 Å². The van der Waals surface area contributed by atoms with E-state index in [1.54, 1.807) is 0 Å². The number of benzene rings is 1. The maximum absolute atomic E-state index is 5.64. The third kappa shape index (κ3) is 3.35. The lowest BCUT2D eigenvalue weighted by Gasteiger charge is -2.10. The monoisotopic (exact) mass is 259 g/mol. The van der Waals surface area contributed by atoms with Crippen molar-refractivity contribution >= 4 is 0 Å². The number of ether oxygens (including phenoxy) is 1. The molecule has 1 aromatic carbocycles. The topological polar surface area (TPSA) is 63.9 Å². The van der Waals surface area contributed by atoms with Crippen molar-refractivity contribution < 1.29 is 4.74 Å². The van der Waals surface area contributed by atoms with E-state index in [4.69, 9.17) is 10.5 Å². The highest BCUT2D eigenvalue weighted by Crippen LogP contribution is 2.24. The smallest absolute Gasteiger partial charge is 0.119 e. The van der Waals surface area contributed by atoms with Crippen molar-refractivity contribution in [2.45, 2.75) is 33.3 Å². The first-order valence-corrected chi connectivity index (χ1v) is 6.62. The van der Waals surface area contributed by atoms with Gasteiger partial charge in [-0.2, -0.15) is 0 Å². The van der Waals surface area contributed by atoms with Gasteiger partial charge in [0.15, 0.2) is 0 Å². The molecule has 1 heterocycles. The zero-order valence-corrected chi connectivity index (χ0v) is 11.7. The average Bonchev–Trinajstić information content (AvgIpc) is 2.71. The molecule has 1 aromatic heterocycles.